The average molecular weight is 277 g/mol. The standard InChI is InChI=1S/C18H15NO2/c20-18-15-10-5-4-9-14(15)17(13-7-2-1-3-8-13)16-11-6-12-21-19(16)18/h1-5,7-10H,6,11-12H2. The Kier molecular flexibility index (Phi) is 2.78. The molecule has 104 valence electrons. The molecule has 0 atom stereocenters. The zero-order valence-electron chi connectivity index (χ0n) is 11.6. The molecule has 0 unspecified atom stereocenters. The van der Waals surface area contributed by atoms with E-state index < -0.39 is 0 Å². The average Bonchev–Trinajstić information content (AvgIpc) is 2.56. The van der Waals surface area contributed by atoms with Gasteiger partial charge in [0.25, 0.3) is 5.56 Å². The molecule has 0 spiro atoms. The number of hydrogen-bond acceptors (Lipinski definition) is 2. The first-order valence-corrected chi connectivity index (χ1v) is 7.21. The molecule has 3 nitrogen and oxygen atoms in total. The highest BCUT2D eigenvalue weighted by Crippen LogP contribution is 2.31. The maximum Gasteiger partial charge on any atom is 0.291 e. The molecule has 1 aliphatic heterocycles. The van der Waals surface area contributed by atoms with Gasteiger partial charge >= 0.3 is 0 Å². The molecule has 1 aliphatic rings. The molecule has 0 amide bonds. The van der Waals surface area contributed by atoms with Crippen molar-refractivity contribution in [2.75, 3.05) is 6.61 Å². The van der Waals surface area contributed by atoms with Gasteiger partial charge in [0.15, 0.2) is 0 Å². The summed E-state index contributed by atoms with van der Waals surface area (Å²) in [7, 11) is 0. The van der Waals surface area contributed by atoms with E-state index >= 15 is 0 Å². The van der Waals surface area contributed by atoms with Gasteiger partial charge in [0, 0.05) is 5.56 Å². The Balaban J connectivity index is 2.18. The summed E-state index contributed by atoms with van der Waals surface area (Å²) in [6.45, 7) is 0.597. The Bertz CT molecular complexity index is 866. The number of aromatic nitrogens is 1. The summed E-state index contributed by atoms with van der Waals surface area (Å²) >= 11 is 0. The van der Waals surface area contributed by atoms with E-state index in [4.69, 9.17) is 4.84 Å². The van der Waals surface area contributed by atoms with Gasteiger partial charge in [-0.25, -0.2) is 0 Å². The van der Waals surface area contributed by atoms with Gasteiger partial charge in [0.05, 0.1) is 11.1 Å². The second-order valence-electron chi connectivity index (χ2n) is 5.27. The van der Waals surface area contributed by atoms with Crippen LogP contribution >= 0.6 is 0 Å². The maximum atomic E-state index is 12.6. The van der Waals surface area contributed by atoms with Gasteiger partial charge in [-0.2, -0.15) is 0 Å². The predicted octanol–water partition coefficient (Wildman–Crippen LogP) is 3.04. The van der Waals surface area contributed by atoms with Gasteiger partial charge < -0.3 is 4.84 Å². The summed E-state index contributed by atoms with van der Waals surface area (Å²) in [6.07, 6.45) is 1.81. The summed E-state index contributed by atoms with van der Waals surface area (Å²) < 4.78 is 1.49. The number of rotatable bonds is 1. The molecule has 3 heteroatoms. The molecule has 0 saturated carbocycles. The highest BCUT2D eigenvalue weighted by Gasteiger charge is 2.20. The number of pyridine rings is 1. The van der Waals surface area contributed by atoms with Crippen molar-refractivity contribution in [1.82, 2.24) is 4.73 Å². The Morgan fingerprint density at radius 2 is 1.62 bits per heavy atom. The first-order chi connectivity index (χ1) is 10.4. The summed E-state index contributed by atoms with van der Waals surface area (Å²) in [5.41, 5.74) is 3.17. The molecule has 1 aromatic heterocycles. The van der Waals surface area contributed by atoms with E-state index in [1.165, 1.54) is 4.73 Å². The molecule has 0 N–H and O–H groups in total. The molecule has 21 heavy (non-hydrogen) atoms. The fourth-order valence-corrected chi connectivity index (χ4v) is 3.06. The fourth-order valence-electron chi connectivity index (χ4n) is 3.06. The second kappa shape index (κ2) is 4.77. The van der Waals surface area contributed by atoms with Crippen molar-refractivity contribution in [2.24, 2.45) is 0 Å². The lowest BCUT2D eigenvalue weighted by Gasteiger charge is -2.23. The molecular weight excluding hydrogens is 262 g/mol. The third kappa shape index (κ3) is 1.85. The summed E-state index contributed by atoms with van der Waals surface area (Å²) in [5, 5.41) is 1.72. The van der Waals surface area contributed by atoms with Crippen molar-refractivity contribution < 1.29 is 4.84 Å². The lowest BCUT2D eigenvalue weighted by atomic mass is 9.95. The van der Waals surface area contributed by atoms with Crippen LogP contribution in [0.4, 0.5) is 0 Å². The zero-order valence-corrected chi connectivity index (χ0v) is 11.6. The zero-order chi connectivity index (χ0) is 14.2. The minimum absolute atomic E-state index is 0.0556. The second-order valence-corrected chi connectivity index (χ2v) is 5.27. The van der Waals surface area contributed by atoms with E-state index in [2.05, 4.69) is 12.1 Å². The first-order valence-electron chi connectivity index (χ1n) is 7.21. The molecule has 0 fully saturated rings. The molecule has 0 aliphatic carbocycles. The number of benzene rings is 2. The van der Waals surface area contributed by atoms with Crippen LogP contribution in [0, 0.1) is 0 Å². The number of nitrogens with zero attached hydrogens (tertiary/aromatic N) is 1. The molecule has 0 bridgehead atoms. The van der Waals surface area contributed by atoms with Crippen molar-refractivity contribution >= 4 is 10.8 Å². The molecule has 0 radical (unpaired) electrons. The Hall–Kier alpha value is -2.55. The van der Waals surface area contributed by atoms with Crippen molar-refractivity contribution in [1.29, 1.82) is 0 Å². The van der Waals surface area contributed by atoms with E-state index in [-0.39, 0.29) is 5.56 Å². The van der Waals surface area contributed by atoms with Crippen LogP contribution in [0.25, 0.3) is 21.9 Å². The van der Waals surface area contributed by atoms with E-state index in [1.807, 2.05) is 42.5 Å². The monoisotopic (exact) mass is 277 g/mol. The normalized spacial score (nSPS) is 13.7. The molecule has 4 rings (SSSR count). The quantitative estimate of drug-likeness (QED) is 0.684. The summed E-state index contributed by atoms with van der Waals surface area (Å²) in [4.78, 5) is 18.2. The van der Waals surface area contributed by atoms with Crippen molar-refractivity contribution in [3.8, 4) is 11.1 Å². The summed E-state index contributed by atoms with van der Waals surface area (Å²) in [6, 6.07) is 18.0. The van der Waals surface area contributed by atoms with Crippen molar-refractivity contribution in [3.05, 3.63) is 70.6 Å². The Labute approximate surface area is 122 Å². The highest BCUT2D eigenvalue weighted by molar-refractivity contribution is 5.97. The first kappa shape index (κ1) is 12.2. The molecular formula is C18H15NO2. The van der Waals surface area contributed by atoms with Crippen LogP contribution in [-0.2, 0) is 6.42 Å². The largest absolute Gasteiger partial charge is 0.411 e. The third-order valence-electron chi connectivity index (χ3n) is 3.99. The summed E-state index contributed by atoms with van der Waals surface area (Å²) in [5.74, 6) is 0. The SMILES string of the molecule is O=c1c2ccccc2c(-c2ccccc2)c2n1OCCC2. The smallest absolute Gasteiger partial charge is 0.291 e. The predicted molar refractivity (Wildman–Crippen MR) is 83.4 cm³/mol. The molecule has 2 heterocycles. The lowest BCUT2D eigenvalue weighted by molar-refractivity contribution is 0.0750. The Morgan fingerprint density at radius 3 is 2.43 bits per heavy atom. The van der Waals surface area contributed by atoms with Crippen LogP contribution < -0.4 is 10.4 Å². The van der Waals surface area contributed by atoms with Gasteiger partial charge in [-0.15, -0.1) is 4.73 Å². The maximum absolute atomic E-state index is 12.6. The fraction of sp³-hybridized carbons (Fsp3) is 0.167. The topological polar surface area (TPSA) is 31.2 Å². The van der Waals surface area contributed by atoms with E-state index in [0.717, 1.165) is 35.0 Å². The van der Waals surface area contributed by atoms with Crippen molar-refractivity contribution in [3.63, 3.8) is 0 Å². The van der Waals surface area contributed by atoms with Gasteiger partial charge in [0.1, 0.15) is 6.61 Å². The van der Waals surface area contributed by atoms with Gasteiger partial charge in [-0.1, -0.05) is 48.5 Å². The minimum Gasteiger partial charge on any atom is -0.411 e. The lowest BCUT2D eigenvalue weighted by Crippen LogP contribution is -2.34. The van der Waals surface area contributed by atoms with Gasteiger partial charge in [-0.05, 0) is 29.9 Å². The van der Waals surface area contributed by atoms with E-state index in [9.17, 15) is 4.79 Å². The molecule has 3 aromatic rings. The van der Waals surface area contributed by atoms with E-state index in [0.29, 0.717) is 12.0 Å². The van der Waals surface area contributed by atoms with Gasteiger partial charge in [-0.3, -0.25) is 4.79 Å². The van der Waals surface area contributed by atoms with E-state index in [1.54, 1.807) is 0 Å². The van der Waals surface area contributed by atoms with Crippen LogP contribution in [0.1, 0.15) is 12.1 Å². The Morgan fingerprint density at radius 1 is 0.905 bits per heavy atom. The van der Waals surface area contributed by atoms with Gasteiger partial charge in [0.2, 0.25) is 0 Å². The van der Waals surface area contributed by atoms with Crippen LogP contribution in [0.2, 0.25) is 0 Å². The minimum atomic E-state index is -0.0556. The van der Waals surface area contributed by atoms with Crippen LogP contribution in [0.5, 0.6) is 0 Å². The number of fused-ring (bicyclic) bond motifs is 2. The third-order valence-corrected chi connectivity index (χ3v) is 3.99. The van der Waals surface area contributed by atoms with Crippen LogP contribution in [0.15, 0.2) is 59.4 Å². The van der Waals surface area contributed by atoms with Crippen LogP contribution in [0.3, 0.4) is 0 Å². The van der Waals surface area contributed by atoms with Crippen molar-refractivity contribution in [2.45, 2.75) is 12.8 Å². The highest BCUT2D eigenvalue weighted by atomic mass is 16.7. The molecule has 0 saturated heterocycles. The van der Waals surface area contributed by atoms with Crippen LogP contribution in [-0.4, -0.2) is 11.3 Å². The number of hydrogen-bond donors (Lipinski definition) is 0. The molecule has 2 aromatic carbocycles.